The molecule has 0 radical (unpaired) electrons. The monoisotopic (exact) mass is 969 g/mol. The van der Waals surface area contributed by atoms with Gasteiger partial charge in [0.15, 0.2) is 6.10 Å². The summed E-state index contributed by atoms with van der Waals surface area (Å²) in [5.74, 6) is -0.837. The van der Waals surface area contributed by atoms with Crippen LogP contribution in [0.3, 0.4) is 0 Å². The second-order valence-corrected chi connectivity index (χ2v) is 20.0. The molecule has 0 bridgehead atoms. The first-order valence-electron chi connectivity index (χ1n) is 26.6. The molecule has 68 heavy (non-hydrogen) atoms. The molecule has 9 nitrogen and oxygen atoms in total. The topological polar surface area (TPSA) is 108 Å². The average molecular weight is 969 g/mol. The fourth-order valence-electron chi connectivity index (χ4n) is 6.67. The van der Waals surface area contributed by atoms with E-state index in [2.05, 4.69) is 123 Å². The smallest absolute Gasteiger partial charge is 0.462 e. The maximum atomic E-state index is 12.8. The number of unbranched alkanes of at least 4 members (excludes halogenated alkanes) is 15. The van der Waals surface area contributed by atoms with E-state index < -0.39 is 26.5 Å². The van der Waals surface area contributed by atoms with Gasteiger partial charge in [-0.1, -0.05) is 187 Å². The highest BCUT2D eigenvalue weighted by Gasteiger charge is 2.27. The molecule has 2 atom stereocenters. The summed E-state index contributed by atoms with van der Waals surface area (Å²) < 4.78 is 34.5. The third kappa shape index (κ3) is 52.0. The Kier molecular flexibility index (Phi) is 46.3. The van der Waals surface area contributed by atoms with Gasteiger partial charge in [-0.15, -0.1) is 0 Å². The van der Waals surface area contributed by atoms with E-state index >= 15 is 0 Å². The molecule has 0 aliphatic carbocycles. The van der Waals surface area contributed by atoms with Gasteiger partial charge in [0.1, 0.15) is 19.8 Å². The number of ether oxygens (including phenoxy) is 2. The summed E-state index contributed by atoms with van der Waals surface area (Å²) in [6.45, 7) is 4.24. The van der Waals surface area contributed by atoms with Gasteiger partial charge in [-0.05, 0) is 103 Å². The quantitative estimate of drug-likeness (QED) is 0.0211. The van der Waals surface area contributed by atoms with E-state index in [1.807, 2.05) is 21.1 Å². The largest absolute Gasteiger partial charge is 0.472 e. The molecule has 10 heteroatoms. The lowest BCUT2D eigenvalue weighted by atomic mass is 10.1. The standard InChI is InChI=1S/C58H98NO8P/c1-6-8-10-12-14-16-18-20-22-24-25-26-27-28-29-30-31-32-33-35-37-39-41-43-45-47-49-51-58(61)67-56(55-66-68(62,63)65-53-52-59(3,4)5)54-64-57(60)50-48-46-44-42-40-38-36-34-23-21-19-17-15-13-11-9-7-2/h8,10,14-17,20-23,25-26,28-29,31-32,35,37,56H,6-7,9,11-13,18-19,24,27,30,33-34,36,38-55H2,1-5H3/p+1/b10-8-,16-14-,17-15-,22-20-,23-21-,26-25-,29-28-,32-31-,37-35-. The van der Waals surface area contributed by atoms with E-state index in [1.165, 1.54) is 44.9 Å². The normalized spacial score (nSPS) is 14.3. The van der Waals surface area contributed by atoms with Gasteiger partial charge in [0.2, 0.25) is 0 Å². The Morgan fingerprint density at radius 1 is 0.471 bits per heavy atom. The van der Waals surface area contributed by atoms with E-state index in [9.17, 15) is 19.0 Å². The van der Waals surface area contributed by atoms with Crippen LogP contribution in [0.4, 0.5) is 0 Å². The summed E-state index contributed by atoms with van der Waals surface area (Å²) in [5.41, 5.74) is 0. The zero-order chi connectivity index (χ0) is 49.9. The van der Waals surface area contributed by atoms with Crippen LogP contribution in [0.15, 0.2) is 109 Å². The highest BCUT2D eigenvalue weighted by Crippen LogP contribution is 2.43. The average Bonchev–Trinajstić information content (AvgIpc) is 3.30. The molecule has 0 heterocycles. The predicted molar refractivity (Wildman–Crippen MR) is 288 cm³/mol. The molecule has 0 aliphatic rings. The summed E-state index contributed by atoms with van der Waals surface area (Å²) in [4.78, 5) is 35.6. The van der Waals surface area contributed by atoms with Crippen LogP contribution in [0.1, 0.15) is 194 Å². The van der Waals surface area contributed by atoms with E-state index in [-0.39, 0.29) is 32.0 Å². The SMILES string of the molecule is CC/C=C\C/C=C\C/C=C\C/C=C\C/C=C\C/C=C\C/C=C\CCCCCCCC(=O)OC(COC(=O)CCCCCCCCC/C=C\C/C=C\CCCCC)COP(=O)(O)OCC[N+](C)(C)C. The van der Waals surface area contributed by atoms with Gasteiger partial charge in [0, 0.05) is 12.8 Å². The molecule has 0 fully saturated rings. The van der Waals surface area contributed by atoms with E-state index in [1.54, 1.807) is 0 Å². The number of hydrogen-bond acceptors (Lipinski definition) is 7. The summed E-state index contributed by atoms with van der Waals surface area (Å²) in [6, 6.07) is 0. The first-order chi connectivity index (χ1) is 33.0. The van der Waals surface area contributed by atoms with Gasteiger partial charge in [-0.3, -0.25) is 18.6 Å². The molecule has 0 saturated carbocycles. The van der Waals surface area contributed by atoms with Crippen molar-refractivity contribution in [3.05, 3.63) is 109 Å². The van der Waals surface area contributed by atoms with Crippen molar-refractivity contribution in [2.24, 2.45) is 0 Å². The number of hydrogen-bond donors (Lipinski definition) is 1. The van der Waals surface area contributed by atoms with Crippen LogP contribution in [0.2, 0.25) is 0 Å². The Bertz CT molecular complexity index is 1520. The summed E-state index contributed by atoms with van der Waals surface area (Å²) >= 11 is 0. The summed E-state index contributed by atoms with van der Waals surface area (Å²) in [5, 5.41) is 0. The molecule has 0 saturated heterocycles. The van der Waals surface area contributed by atoms with Crippen molar-refractivity contribution in [1.29, 1.82) is 0 Å². The van der Waals surface area contributed by atoms with Gasteiger partial charge < -0.3 is 18.9 Å². The molecular formula is C58H99NO8P+. The predicted octanol–water partition coefficient (Wildman–Crippen LogP) is 16.2. The van der Waals surface area contributed by atoms with Crippen molar-refractivity contribution < 1.29 is 42.1 Å². The minimum Gasteiger partial charge on any atom is -0.462 e. The molecule has 2 unspecified atom stereocenters. The van der Waals surface area contributed by atoms with Crippen molar-refractivity contribution in [2.45, 2.75) is 200 Å². The number of carbonyl (C=O) groups excluding carboxylic acids is 2. The number of nitrogens with zero attached hydrogens (tertiary/aromatic N) is 1. The van der Waals surface area contributed by atoms with Gasteiger partial charge in [0.25, 0.3) is 0 Å². The Hall–Kier alpha value is -3.33. The number of likely N-dealkylation sites (N-methyl/N-ethyl adjacent to an activating group) is 1. The van der Waals surface area contributed by atoms with Gasteiger partial charge in [-0.2, -0.15) is 0 Å². The molecule has 0 aromatic heterocycles. The number of phosphoric ester groups is 1. The van der Waals surface area contributed by atoms with Crippen molar-refractivity contribution >= 4 is 19.8 Å². The van der Waals surface area contributed by atoms with Crippen LogP contribution < -0.4 is 0 Å². The first-order valence-corrected chi connectivity index (χ1v) is 28.1. The lowest BCUT2D eigenvalue weighted by Gasteiger charge is -2.24. The van der Waals surface area contributed by atoms with Crippen molar-refractivity contribution in [3.63, 3.8) is 0 Å². The minimum absolute atomic E-state index is 0.0199. The number of carbonyl (C=O) groups is 2. The van der Waals surface area contributed by atoms with Crippen LogP contribution in [0.5, 0.6) is 0 Å². The second-order valence-electron chi connectivity index (χ2n) is 18.5. The van der Waals surface area contributed by atoms with Gasteiger partial charge >= 0.3 is 19.8 Å². The van der Waals surface area contributed by atoms with Crippen LogP contribution >= 0.6 is 7.82 Å². The maximum absolute atomic E-state index is 12.8. The summed E-state index contributed by atoms with van der Waals surface area (Å²) in [6.07, 6.45) is 67.1. The van der Waals surface area contributed by atoms with Crippen LogP contribution in [-0.2, 0) is 32.7 Å². The zero-order valence-corrected chi connectivity index (χ0v) is 44.7. The van der Waals surface area contributed by atoms with E-state index in [0.717, 1.165) is 116 Å². The molecule has 1 N–H and O–H groups in total. The fraction of sp³-hybridized carbons (Fsp3) is 0.655. The highest BCUT2D eigenvalue weighted by molar-refractivity contribution is 7.47. The third-order valence-electron chi connectivity index (χ3n) is 10.8. The second kappa shape index (κ2) is 48.7. The molecule has 388 valence electrons. The first kappa shape index (κ1) is 64.7. The van der Waals surface area contributed by atoms with Crippen LogP contribution in [-0.4, -0.2) is 74.9 Å². The Morgan fingerprint density at radius 3 is 1.25 bits per heavy atom. The molecule has 0 amide bonds. The molecule has 0 rings (SSSR count). The van der Waals surface area contributed by atoms with Crippen molar-refractivity contribution in [1.82, 2.24) is 0 Å². The number of allylic oxidation sites excluding steroid dienone is 18. The number of quaternary nitrogens is 1. The highest BCUT2D eigenvalue weighted by atomic mass is 31.2. The Morgan fingerprint density at radius 2 is 0.838 bits per heavy atom. The van der Waals surface area contributed by atoms with Gasteiger partial charge in [0.05, 0.1) is 27.7 Å². The fourth-order valence-corrected chi connectivity index (χ4v) is 7.41. The van der Waals surface area contributed by atoms with Crippen molar-refractivity contribution in [2.75, 3.05) is 47.5 Å². The molecular weight excluding hydrogens is 870 g/mol. The van der Waals surface area contributed by atoms with Crippen LogP contribution in [0, 0.1) is 0 Å². The number of esters is 2. The van der Waals surface area contributed by atoms with Crippen LogP contribution in [0.25, 0.3) is 0 Å². The lowest BCUT2D eigenvalue weighted by molar-refractivity contribution is -0.870. The molecule has 0 aromatic rings. The molecule has 0 aliphatic heterocycles. The summed E-state index contributed by atoms with van der Waals surface area (Å²) in [7, 11) is 1.44. The lowest BCUT2D eigenvalue weighted by Crippen LogP contribution is -2.37. The number of phosphoric acid groups is 1. The van der Waals surface area contributed by atoms with E-state index in [4.69, 9.17) is 18.5 Å². The van der Waals surface area contributed by atoms with Crippen molar-refractivity contribution in [3.8, 4) is 0 Å². The number of rotatable bonds is 47. The minimum atomic E-state index is -4.40. The third-order valence-corrected chi connectivity index (χ3v) is 11.8. The van der Waals surface area contributed by atoms with Gasteiger partial charge in [-0.25, -0.2) is 4.57 Å². The molecule has 0 spiro atoms. The maximum Gasteiger partial charge on any atom is 0.472 e. The Balaban J connectivity index is 4.32. The molecule has 0 aromatic carbocycles. The zero-order valence-electron chi connectivity index (χ0n) is 43.8. The van der Waals surface area contributed by atoms with E-state index in [0.29, 0.717) is 17.4 Å². The Labute approximate surface area is 416 Å².